The number of carbonyl (C=O) groups excluding carboxylic acids is 1. The molecule has 0 aliphatic heterocycles. The number of rotatable bonds is 5. The van der Waals surface area contributed by atoms with Crippen molar-refractivity contribution in [2.24, 2.45) is 5.73 Å². The summed E-state index contributed by atoms with van der Waals surface area (Å²) in [7, 11) is 0. The van der Waals surface area contributed by atoms with Crippen molar-refractivity contribution in [2.75, 3.05) is 5.32 Å². The Labute approximate surface area is 189 Å². The molecule has 1 amide bonds. The van der Waals surface area contributed by atoms with Crippen molar-refractivity contribution in [3.63, 3.8) is 0 Å². The van der Waals surface area contributed by atoms with Crippen molar-refractivity contribution in [3.8, 4) is 0 Å². The number of amides is 1. The molecular weight excluding hydrogens is 425 g/mol. The van der Waals surface area contributed by atoms with Gasteiger partial charge in [0.1, 0.15) is 5.82 Å². The molecule has 30 heavy (non-hydrogen) atoms. The van der Waals surface area contributed by atoms with E-state index in [0.29, 0.717) is 5.82 Å². The number of nitrogens with zero attached hydrogens (tertiary/aromatic N) is 2. The molecule has 10 heteroatoms. The second kappa shape index (κ2) is 11.2. The van der Waals surface area contributed by atoms with Crippen LogP contribution in [0.15, 0.2) is 18.2 Å². The number of carbonyl (C=O) groups is 1. The number of nitrogens with one attached hydrogen (secondary N) is 4. The van der Waals surface area contributed by atoms with Gasteiger partial charge < -0.3 is 21.7 Å². The van der Waals surface area contributed by atoms with Gasteiger partial charge in [0.15, 0.2) is 5.96 Å². The lowest BCUT2D eigenvalue weighted by Crippen LogP contribution is -2.50. The minimum atomic E-state index is -0.289. The quantitative estimate of drug-likeness (QED) is 0.347. The first-order chi connectivity index (χ1) is 13.3. The third kappa shape index (κ3) is 6.34. The van der Waals surface area contributed by atoms with Gasteiger partial charge in [-0.2, -0.15) is 0 Å². The van der Waals surface area contributed by atoms with Gasteiger partial charge in [-0.05, 0) is 45.7 Å². The summed E-state index contributed by atoms with van der Waals surface area (Å²) in [6, 6.07) is 6.03. The molecule has 1 saturated carbocycles. The highest BCUT2D eigenvalue weighted by Crippen LogP contribution is 2.27. The van der Waals surface area contributed by atoms with Gasteiger partial charge >= 0.3 is 0 Å². The molecule has 2 atom stereocenters. The molecule has 1 aromatic heterocycles. The molecule has 1 fully saturated rings. The van der Waals surface area contributed by atoms with Crippen LogP contribution in [0.2, 0.25) is 0 Å². The van der Waals surface area contributed by atoms with Crippen LogP contribution in [0, 0.1) is 12.3 Å². The minimum absolute atomic E-state index is 0. The molecule has 0 saturated heterocycles. The zero-order valence-electron chi connectivity index (χ0n) is 17.5. The first kappa shape index (κ1) is 25.7. The van der Waals surface area contributed by atoms with Crippen molar-refractivity contribution in [2.45, 2.75) is 64.6 Å². The first-order valence-corrected chi connectivity index (χ1v) is 9.80. The van der Waals surface area contributed by atoms with E-state index in [0.717, 1.165) is 42.1 Å². The van der Waals surface area contributed by atoms with Crippen LogP contribution < -0.4 is 21.7 Å². The first-order valence-electron chi connectivity index (χ1n) is 9.80. The number of aromatic nitrogens is 2. The molecule has 0 radical (unpaired) electrons. The fourth-order valence-electron chi connectivity index (χ4n) is 3.63. The molecule has 1 aliphatic rings. The van der Waals surface area contributed by atoms with Gasteiger partial charge in [0.2, 0.25) is 5.82 Å². The number of nitrogens with two attached hydrogens (primary N) is 1. The molecule has 3 rings (SSSR count). The zero-order valence-corrected chi connectivity index (χ0v) is 19.1. The van der Waals surface area contributed by atoms with Crippen LogP contribution in [-0.4, -0.2) is 40.0 Å². The van der Waals surface area contributed by atoms with E-state index in [4.69, 9.17) is 11.1 Å². The second-order valence-electron chi connectivity index (χ2n) is 7.74. The summed E-state index contributed by atoms with van der Waals surface area (Å²) in [5.41, 5.74) is 7.39. The monoisotopic (exact) mass is 455 g/mol. The summed E-state index contributed by atoms with van der Waals surface area (Å²) >= 11 is 0. The summed E-state index contributed by atoms with van der Waals surface area (Å²) in [5, 5.41) is 17.9. The lowest BCUT2D eigenvalue weighted by molar-refractivity contribution is 0.0933. The zero-order chi connectivity index (χ0) is 20.3. The lowest BCUT2D eigenvalue weighted by atomic mass is 9.90. The fraction of sp³-hybridized carbons (Fsp3) is 0.500. The number of aryl methyl sites for hydroxylation is 1. The summed E-state index contributed by atoms with van der Waals surface area (Å²) in [4.78, 5) is 21.5. The Bertz CT molecular complexity index is 891. The molecule has 0 spiro atoms. The Hall–Kier alpha value is -2.32. The fourth-order valence-corrected chi connectivity index (χ4v) is 3.63. The molecule has 0 unspecified atom stereocenters. The number of hydrogen-bond acceptors (Lipinski definition) is 5. The van der Waals surface area contributed by atoms with E-state index in [1.165, 1.54) is 0 Å². The maximum atomic E-state index is 12.5. The van der Waals surface area contributed by atoms with Crippen LogP contribution in [0.3, 0.4) is 0 Å². The van der Waals surface area contributed by atoms with Gasteiger partial charge in [-0.3, -0.25) is 10.2 Å². The van der Waals surface area contributed by atoms with Crippen molar-refractivity contribution in [3.05, 3.63) is 29.6 Å². The van der Waals surface area contributed by atoms with Crippen LogP contribution in [0.25, 0.3) is 10.9 Å². The SMILES string of the molecule is Cc1ccc2nc(C(=O)NC(C)C)nc(N[C@H]3CCCC[C@H]3NC(=N)N)c2c1.Cl.Cl. The maximum Gasteiger partial charge on any atom is 0.289 e. The standard InChI is InChI=1S/C20H29N7O.2ClH/c1-11(2)23-19(28)18-24-14-9-8-12(3)10-13(14)17(27-18)25-15-6-4-5-7-16(15)26-20(21)22;;/h8-11,15-16H,4-7H2,1-3H3,(H,23,28)(H4,21,22,26)(H,24,25,27);2*1H/t15-,16+;;/m0../s1. The number of fused-ring (bicyclic) bond motifs is 1. The van der Waals surface area contributed by atoms with Crippen LogP contribution in [-0.2, 0) is 0 Å². The topological polar surface area (TPSA) is 129 Å². The van der Waals surface area contributed by atoms with Gasteiger partial charge in [0, 0.05) is 23.5 Å². The third-order valence-electron chi connectivity index (χ3n) is 4.90. The van der Waals surface area contributed by atoms with E-state index >= 15 is 0 Å². The van der Waals surface area contributed by atoms with E-state index in [1.807, 2.05) is 39.0 Å². The summed E-state index contributed by atoms with van der Waals surface area (Å²) < 4.78 is 0. The van der Waals surface area contributed by atoms with Gasteiger partial charge in [-0.25, -0.2) is 9.97 Å². The van der Waals surface area contributed by atoms with E-state index in [-0.39, 0.29) is 60.6 Å². The third-order valence-corrected chi connectivity index (χ3v) is 4.90. The second-order valence-corrected chi connectivity index (χ2v) is 7.74. The molecule has 6 N–H and O–H groups in total. The normalized spacial score (nSPS) is 18.1. The Kier molecular flexibility index (Phi) is 9.58. The number of anilines is 1. The highest BCUT2D eigenvalue weighted by Gasteiger charge is 2.27. The molecule has 166 valence electrons. The summed E-state index contributed by atoms with van der Waals surface area (Å²) in [5.74, 6) is 0.478. The Balaban J connectivity index is 0.00000225. The molecule has 8 nitrogen and oxygen atoms in total. The largest absolute Gasteiger partial charge is 0.370 e. The highest BCUT2D eigenvalue weighted by molar-refractivity contribution is 5.96. The Morgan fingerprint density at radius 1 is 1.17 bits per heavy atom. The molecule has 1 aliphatic carbocycles. The van der Waals surface area contributed by atoms with E-state index in [2.05, 4.69) is 25.9 Å². The average Bonchev–Trinajstić information content (AvgIpc) is 2.62. The number of guanidine groups is 1. The average molecular weight is 456 g/mol. The van der Waals surface area contributed by atoms with Crippen molar-refractivity contribution in [1.29, 1.82) is 5.41 Å². The van der Waals surface area contributed by atoms with Crippen molar-refractivity contribution >= 4 is 53.4 Å². The predicted octanol–water partition coefficient (Wildman–Crippen LogP) is 3.13. The molecule has 0 bridgehead atoms. The Morgan fingerprint density at radius 3 is 2.47 bits per heavy atom. The Morgan fingerprint density at radius 2 is 1.83 bits per heavy atom. The number of hydrogen-bond donors (Lipinski definition) is 5. The number of halogens is 2. The van der Waals surface area contributed by atoms with Gasteiger partial charge in [0.25, 0.3) is 5.91 Å². The molecule has 1 heterocycles. The summed E-state index contributed by atoms with van der Waals surface area (Å²) in [6.07, 6.45) is 4.06. The highest BCUT2D eigenvalue weighted by atomic mass is 35.5. The molecular formula is C20H31Cl2N7O. The van der Waals surface area contributed by atoms with E-state index < -0.39 is 0 Å². The lowest BCUT2D eigenvalue weighted by Gasteiger charge is -2.33. The predicted molar refractivity (Wildman–Crippen MR) is 126 cm³/mol. The van der Waals surface area contributed by atoms with Crippen LogP contribution in [0.5, 0.6) is 0 Å². The molecule has 1 aromatic carbocycles. The minimum Gasteiger partial charge on any atom is -0.370 e. The van der Waals surface area contributed by atoms with Crippen LogP contribution in [0.4, 0.5) is 5.82 Å². The van der Waals surface area contributed by atoms with Crippen LogP contribution >= 0.6 is 24.8 Å². The van der Waals surface area contributed by atoms with Gasteiger partial charge in [-0.15, -0.1) is 24.8 Å². The van der Waals surface area contributed by atoms with Crippen molar-refractivity contribution < 1.29 is 4.79 Å². The van der Waals surface area contributed by atoms with E-state index in [9.17, 15) is 4.79 Å². The van der Waals surface area contributed by atoms with Gasteiger partial charge in [-0.1, -0.05) is 24.5 Å². The summed E-state index contributed by atoms with van der Waals surface area (Å²) in [6.45, 7) is 5.83. The number of benzene rings is 1. The molecule has 2 aromatic rings. The van der Waals surface area contributed by atoms with Crippen LogP contribution in [0.1, 0.15) is 55.7 Å². The van der Waals surface area contributed by atoms with Crippen molar-refractivity contribution in [1.82, 2.24) is 20.6 Å². The maximum absolute atomic E-state index is 12.5. The smallest absolute Gasteiger partial charge is 0.289 e. The van der Waals surface area contributed by atoms with E-state index in [1.54, 1.807) is 0 Å². The van der Waals surface area contributed by atoms with Gasteiger partial charge in [0.05, 0.1) is 5.52 Å².